The molecule has 0 unspecified atom stereocenters. The summed E-state index contributed by atoms with van der Waals surface area (Å²) in [7, 11) is -4.01. The number of halogens is 2. The molecule has 0 saturated carbocycles. The van der Waals surface area contributed by atoms with E-state index in [4.69, 9.17) is 0 Å². The molecule has 0 aliphatic carbocycles. The predicted molar refractivity (Wildman–Crippen MR) is 96.1 cm³/mol. The highest BCUT2D eigenvalue weighted by molar-refractivity contribution is 7.89. The minimum absolute atomic E-state index is 0.149. The van der Waals surface area contributed by atoms with Gasteiger partial charge in [0.15, 0.2) is 0 Å². The Hall–Kier alpha value is -2.69. The molecule has 3 aromatic rings. The molecule has 27 heavy (non-hydrogen) atoms. The average Bonchev–Trinajstić information content (AvgIpc) is 3.09. The quantitative estimate of drug-likeness (QED) is 0.613. The third-order valence-corrected chi connectivity index (χ3v) is 5.64. The van der Waals surface area contributed by atoms with Crippen LogP contribution in [-0.2, 0) is 21.2 Å². The van der Waals surface area contributed by atoms with Crippen LogP contribution in [0.15, 0.2) is 58.8 Å². The molecule has 6 nitrogen and oxygen atoms in total. The van der Waals surface area contributed by atoms with Gasteiger partial charge in [-0.05, 0) is 48.5 Å². The van der Waals surface area contributed by atoms with E-state index in [1.54, 1.807) is 17.5 Å². The van der Waals surface area contributed by atoms with Gasteiger partial charge in [-0.15, -0.1) is 16.2 Å². The average molecular weight is 409 g/mol. The lowest BCUT2D eigenvalue weighted by molar-refractivity contribution is -0.120. The van der Waals surface area contributed by atoms with E-state index in [0.717, 1.165) is 24.3 Å². The number of aromatic nitrogens is 1. The summed E-state index contributed by atoms with van der Waals surface area (Å²) in [5, 5.41) is 2.27. The van der Waals surface area contributed by atoms with Crippen molar-refractivity contribution in [1.82, 2.24) is 15.2 Å². The van der Waals surface area contributed by atoms with Gasteiger partial charge in [0.1, 0.15) is 16.6 Å². The van der Waals surface area contributed by atoms with Gasteiger partial charge in [0.25, 0.3) is 10.0 Å². The molecule has 140 valence electrons. The molecule has 0 bridgehead atoms. The number of carbonyl (C=O) groups excluding carboxylic acids is 1. The van der Waals surface area contributed by atoms with Gasteiger partial charge < -0.3 is 0 Å². The third-order valence-electron chi connectivity index (χ3n) is 3.43. The van der Waals surface area contributed by atoms with Crippen molar-refractivity contribution in [2.45, 2.75) is 11.3 Å². The molecular weight excluding hydrogens is 396 g/mol. The van der Waals surface area contributed by atoms with Crippen molar-refractivity contribution in [3.8, 4) is 10.6 Å². The summed E-state index contributed by atoms with van der Waals surface area (Å²) >= 11 is 1.28. The van der Waals surface area contributed by atoms with E-state index in [1.165, 1.54) is 23.5 Å². The minimum atomic E-state index is -4.01. The summed E-state index contributed by atoms with van der Waals surface area (Å²) in [5.74, 6) is -1.54. The second-order valence-corrected chi connectivity index (χ2v) is 7.98. The number of hydrazine groups is 1. The first-order valence-corrected chi connectivity index (χ1v) is 9.96. The number of nitrogens with one attached hydrogen (secondary N) is 2. The number of nitrogens with zero attached hydrogens (tertiary/aromatic N) is 1. The molecule has 0 saturated heterocycles. The molecule has 1 heterocycles. The second-order valence-electron chi connectivity index (χ2n) is 5.44. The van der Waals surface area contributed by atoms with Crippen LogP contribution in [0.2, 0.25) is 0 Å². The van der Waals surface area contributed by atoms with Crippen molar-refractivity contribution < 1.29 is 22.0 Å². The monoisotopic (exact) mass is 409 g/mol. The van der Waals surface area contributed by atoms with E-state index in [0.29, 0.717) is 16.3 Å². The molecule has 2 N–H and O–H groups in total. The maximum absolute atomic E-state index is 13.0. The van der Waals surface area contributed by atoms with Gasteiger partial charge >= 0.3 is 0 Å². The minimum Gasteiger partial charge on any atom is -0.277 e. The fraction of sp³-hybridized carbons (Fsp3) is 0.0588. The molecule has 2 aromatic carbocycles. The van der Waals surface area contributed by atoms with Crippen molar-refractivity contribution in [2.75, 3.05) is 0 Å². The first-order valence-electron chi connectivity index (χ1n) is 7.60. The number of carbonyl (C=O) groups is 1. The Balaban J connectivity index is 1.59. The highest BCUT2D eigenvalue weighted by atomic mass is 32.2. The van der Waals surface area contributed by atoms with E-state index in [-0.39, 0.29) is 17.1 Å². The van der Waals surface area contributed by atoms with Crippen molar-refractivity contribution in [3.63, 3.8) is 0 Å². The maximum Gasteiger partial charge on any atom is 0.257 e. The maximum atomic E-state index is 13.0. The van der Waals surface area contributed by atoms with E-state index in [9.17, 15) is 22.0 Å². The zero-order valence-electron chi connectivity index (χ0n) is 13.6. The van der Waals surface area contributed by atoms with Crippen molar-refractivity contribution in [1.29, 1.82) is 0 Å². The Labute approximate surface area is 157 Å². The van der Waals surface area contributed by atoms with E-state index in [1.807, 2.05) is 4.83 Å². The number of hydrogen-bond acceptors (Lipinski definition) is 5. The number of benzene rings is 2. The molecule has 1 aromatic heterocycles. The fourth-order valence-electron chi connectivity index (χ4n) is 2.12. The van der Waals surface area contributed by atoms with Gasteiger partial charge in [0, 0.05) is 10.9 Å². The first kappa shape index (κ1) is 19.1. The highest BCUT2D eigenvalue weighted by Crippen LogP contribution is 2.24. The van der Waals surface area contributed by atoms with Gasteiger partial charge in [-0.2, -0.15) is 0 Å². The molecule has 0 spiro atoms. The zero-order chi connectivity index (χ0) is 19.4. The van der Waals surface area contributed by atoms with Crippen molar-refractivity contribution >= 4 is 27.3 Å². The lowest BCUT2D eigenvalue weighted by Gasteiger charge is -2.07. The van der Waals surface area contributed by atoms with Crippen LogP contribution in [0.25, 0.3) is 10.6 Å². The Morgan fingerprint density at radius 3 is 2.22 bits per heavy atom. The van der Waals surface area contributed by atoms with Crippen LogP contribution in [-0.4, -0.2) is 19.3 Å². The molecule has 0 atom stereocenters. The van der Waals surface area contributed by atoms with Gasteiger partial charge in [0.2, 0.25) is 5.91 Å². The highest BCUT2D eigenvalue weighted by Gasteiger charge is 2.16. The Bertz CT molecular complexity index is 1050. The summed E-state index contributed by atoms with van der Waals surface area (Å²) in [5.41, 5.74) is 3.24. The van der Waals surface area contributed by atoms with Gasteiger partial charge in [-0.3, -0.25) is 10.2 Å². The molecule has 1 amide bonds. The molecule has 0 aliphatic rings. The number of sulfonamides is 1. The summed E-state index contributed by atoms with van der Waals surface area (Å²) in [6, 6.07) is 9.95. The van der Waals surface area contributed by atoms with E-state index < -0.39 is 21.7 Å². The smallest absolute Gasteiger partial charge is 0.257 e. The van der Waals surface area contributed by atoms with Crippen molar-refractivity contribution in [2.24, 2.45) is 0 Å². The summed E-state index contributed by atoms with van der Waals surface area (Å²) in [6.07, 6.45) is -0.149. The van der Waals surface area contributed by atoms with Crippen LogP contribution in [0.1, 0.15) is 5.69 Å². The zero-order valence-corrected chi connectivity index (χ0v) is 15.3. The molecule has 10 heteroatoms. The normalized spacial score (nSPS) is 11.3. The third kappa shape index (κ3) is 4.94. The Kier molecular flexibility index (Phi) is 5.59. The Morgan fingerprint density at radius 2 is 1.59 bits per heavy atom. The largest absolute Gasteiger partial charge is 0.277 e. The van der Waals surface area contributed by atoms with Crippen LogP contribution >= 0.6 is 11.3 Å². The van der Waals surface area contributed by atoms with Crippen molar-refractivity contribution in [3.05, 3.63) is 71.2 Å². The van der Waals surface area contributed by atoms with Gasteiger partial charge in [-0.25, -0.2) is 22.2 Å². The van der Waals surface area contributed by atoms with Crippen LogP contribution < -0.4 is 10.3 Å². The van der Waals surface area contributed by atoms with Gasteiger partial charge in [0.05, 0.1) is 17.0 Å². The van der Waals surface area contributed by atoms with E-state index >= 15 is 0 Å². The molecule has 0 aliphatic heterocycles. The van der Waals surface area contributed by atoms with Crippen LogP contribution in [0.4, 0.5) is 8.78 Å². The van der Waals surface area contributed by atoms with Crippen LogP contribution in [0.5, 0.6) is 0 Å². The fourth-order valence-corrected chi connectivity index (χ4v) is 3.80. The first-order chi connectivity index (χ1) is 12.8. The molecule has 0 fully saturated rings. The lowest BCUT2D eigenvalue weighted by Crippen LogP contribution is -2.42. The molecule has 0 radical (unpaired) electrons. The number of hydrogen-bond donors (Lipinski definition) is 2. The predicted octanol–water partition coefficient (Wildman–Crippen LogP) is 2.64. The standard InChI is InChI=1S/C17H13F2N3O3S2/c18-12-3-1-11(2-4-12)17-20-14(10-26-17)9-16(23)21-22-27(24,25)15-7-5-13(19)6-8-15/h1-8,10,22H,9H2,(H,21,23). The second kappa shape index (κ2) is 7.91. The lowest BCUT2D eigenvalue weighted by atomic mass is 10.2. The number of thiazole rings is 1. The number of amides is 1. The van der Waals surface area contributed by atoms with E-state index in [2.05, 4.69) is 10.4 Å². The summed E-state index contributed by atoms with van der Waals surface area (Å²) in [4.78, 5) is 18.0. The van der Waals surface area contributed by atoms with Crippen LogP contribution in [0.3, 0.4) is 0 Å². The van der Waals surface area contributed by atoms with Crippen LogP contribution in [0, 0.1) is 11.6 Å². The summed E-state index contributed by atoms with van der Waals surface area (Å²) < 4.78 is 49.9. The Morgan fingerprint density at radius 1 is 1.00 bits per heavy atom. The SMILES string of the molecule is O=C(Cc1csc(-c2ccc(F)cc2)n1)NNS(=O)(=O)c1ccc(F)cc1. The van der Waals surface area contributed by atoms with Gasteiger partial charge in [-0.1, -0.05) is 0 Å². The topological polar surface area (TPSA) is 88.2 Å². The number of rotatable bonds is 6. The summed E-state index contributed by atoms with van der Waals surface area (Å²) in [6.45, 7) is 0. The molecular formula is C17H13F2N3O3S2. The molecule has 3 rings (SSSR count).